The lowest BCUT2D eigenvalue weighted by Crippen LogP contribution is -2.33. The zero-order valence-corrected chi connectivity index (χ0v) is 12.2. The molecule has 2 aromatic rings. The quantitative estimate of drug-likeness (QED) is 0.919. The van der Waals surface area contributed by atoms with Gasteiger partial charge in [0.25, 0.3) is 0 Å². The van der Waals surface area contributed by atoms with Crippen molar-refractivity contribution in [3.63, 3.8) is 0 Å². The Bertz CT molecular complexity index is 587. The molecule has 5 heteroatoms. The molecule has 0 aliphatic rings. The van der Waals surface area contributed by atoms with E-state index in [2.05, 4.69) is 10.3 Å². The average Bonchev–Trinajstić information content (AvgIpc) is 2.54. The highest BCUT2D eigenvalue weighted by atomic mass is 16.5. The molecule has 21 heavy (non-hydrogen) atoms. The van der Waals surface area contributed by atoms with Crippen molar-refractivity contribution >= 4 is 11.7 Å². The van der Waals surface area contributed by atoms with Crippen LogP contribution in [0.4, 0.5) is 10.5 Å². The normalized spacial score (nSPS) is 10.0. The molecule has 0 atom stereocenters. The average molecular weight is 285 g/mol. The second kappa shape index (κ2) is 7.28. The number of para-hydroxylation sites is 2. The van der Waals surface area contributed by atoms with Crippen LogP contribution in [0.2, 0.25) is 0 Å². The molecule has 0 spiro atoms. The molecule has 0 radical (unpaired) electrons. The van der Waals surface area contributed by atoms with Crippen LogP contribution in [0.5, 0.6) is 5.75 Å². The maximum Gasteiger partial charge on any atom is 0.321 e. The number of rotatable bonds is 5. The van der Waals surface area contributed by atoms with E-state index in [-0.39, 0.29) is 6.03 Å². The third kappa shape index (κ3) is 4.21. The minimum absolute atomic E-state index is 0.171. The topological polar surface area (TPSA) is 54.5 Å². The highest BCUT2D eigenvalue weighted by Crippen LogP contribution is 2.23. The number of anilines is 1. The van der Waals surface area contributed by atoms with E-state index in [4.69, 9.17) is 4.74 Å². The molecular formula is C16H19N3O2. The van der Waals surface area contributed by atoms with E-state index in [1.807, 2.05) is 42.5 Å². The second-order valence-electron chi connectivity index (χ2n) is 4.62. The molecule has 0 bridgehead atoms. The lowest BCUT2D eigenvalue weighted by molar-refractivity contribution is 0.223. The number of ether oxygens (including phenoxy) is 1. The number of aromatic nitrogens is 1. The Morgan fingerprint density at radius 3 is 2.71 bits per heavy atom. The van der Waals surface area contributed by atoms with Crippen molar-refractivity contribution in [2.24, 2.45) is 0 Å². The maximum atomic E-state index is 12.1. The zero-order chi connectivity index (χ0) is 15.1. The second-order valence-corrected chi connectivity index (χ2v) is 4.62. The number of hydrogen-bond donors (Lipinski definition) is 1. The summed E-state index contributed by atoms with van der Waals surface area (Å²) in [6, 6.07) is 12.9. The number of hydrogen-bond acceptors (Lipinski definition) is 3. The van der Waals surface area contributed by atoms with Gasteiger partial charge < -0.3 is 15.0 Å². The van der Waals surface area contributed by atoms with Crippen molar-refractivity contribution in [2.45, 2.75) is 6.42 Å². The molecule has 0 fully saturated rings. The van der Waals surface area contributed by atoms with Crippen molar-refractivity contribution in [3.05, 3.63) is 54.4 Å². The first-order valence-electron chi connectivity index (χ1n) is 6.75. The molecule has 1 aromatic carbocycles. The molecule has 1 heterocycles. The molecule has 5 nitrogen and oxygen atoms in total. The van der Waals surface area contributed by atoms with Crippen LogP contribution in [-0.4, -0.2) is 36.6 Å². The first kappa shape index (κ1) is 14.8. The first-order valence-corrected chi connectivity index (χ1v) is 6.75. The van der Waals surface area contributed by atoms with Crippen LogP contribution in [0.3, 0.4) is 0 Å². The van der Waals surface area contributed by atoms with Crippen LogP contribution in [0.15, 0.2) is 48.7 Å². The number of carbonyl (C=O) groups is 1. The summed E-state index contributed by atoms with van der Waals surface area (Å²) in [7, 11) is 3.34. The van der Waals surface area contributed by atoms with Gasteiger partial charge in [0.2, 0.25) is 0 Å². The summed E-state index contributed by atoms with van der Waals surface area (Å²) in [6.07, 6.45) is 2.47. The SMILES string of the molecule is COc1ccccc1NC(=O)N(C)CCc1ccccn1. The van der Waals surface area contributed by atoms with E-state index < -0.39 is 0 Å². The van der Waals surface area contributed by atoms with Crippen molar-refractivity contribution < 1.29 is 9.53 Å². The molecule has 1 aromatic heterocycles. The fourth-order valence-corrected chi connectivity index (χ4v) is 1.89. The molecular weight excluding hydrogens is 266 g/mol. The summed E-state index contributed by atoms with van der Waals surface area (Å²) in [4.78, 5) is 18.0. The summed E-state index contributed by atoms with van der Waals surface area (Å²) in [5.74, 6) is 0.643. The predicted octanol–water partition coefficient (Wildman–Crippen LogP) is 2.80. The van der Waals surface area contributed by atoms with Gasteiger partial charge in [0, 0.05) is 31.9 Å². The third-order valence-electron chi connectivity index (χ3n) is 3.12. The van der Waals surface area contributed by atoms with Crippen LogP contribution in [0, 0.1) is 0 Å². The van der Waals surface area contributed by atoms with Crippen molar-refractivity contribution in [3.8, 4) is 5.75 Å². The number of benzene rings is 1. The van der Waals surface area contributed by atoms with Crippen molar-refractivity contribution in [2.75, 3.05) is 26.0 Å². The maximum absolute atomic E-state index is 12.1. The van der Waals surface area contributed by atoms with Gasteiger partial charge in [0.1, 0.15) is 5.75 Å². The van der Waals surface area contributed by atoms with Gasteiger partial charge in [-0.15, -0.1) is 0 Å². The number of urea groups is 1. The molecule has 2 rings (SSSR count). The van der Waals surface area contributed by atoms with Crippen molar-refractivity contribution in [1.29, 1.82) is 0 Å². The predicted molar refractivity (Wildman–Crippen MR) is 82.6 cm³/mol. The minimum atomic E-state index is -0.171. The number of carbonyl (C=O) groups excluding carboxylic acids is 1. The van der Waals surface area contributed by atoms with Gasteiger partial charge in [-0.25, -0.2) is 4.79 Å². The van der Waals surface area contributed by atoms with Crippen LogP contribution >= 0.6 is 0 Å². The lowest BCUT2D eigenvalue weighted by Gasteiger charge is -2.18. The Labute approximate surface area is 124 Å². The monoisotopic (exact) mass is 285 g/mol. The highest BCUT2D eigenvalue weighted by Gasteiger charge is 2.11. The number of nitrogens with zero attached hydrogens (tertiary/aromatic N) is 2. The van der Waals surface area contributed by atoms with Gasteiger partial charge in [-0.2, -0.15) is 0 Å². The molecule has 110 valence electrons. The lowest BCUT2D eigenvalue weighted by atomic mass is 10.2. The Morgan fingerprint density at radius 1 is 1.24 bits per heavy atom. The fraction of sp³-hybridized carbons (Fsp3) is 0.250. The standard InChI is InChI=1S/C16H19N3O2/c1-19(12-10-13-7-5-6-11-17-13)16(20)18-14-8-3-4-9-15(14)21-2/h3-9,11H,10,12H2,1-2H3,(H,18,20). The van der Waals surface area contributed by atoms with Gasteiger partial charge in [-0.3, -0.25) is 4.98 Å². The summed E-state index contributed by atoms with van der Waals surface area (Å²) in [5, 5.41) is 2.84. The molecule has 2 amide bonds. The Morgan fingerprint density at radius 2 is 2.00 bits per heavy atom. The van der Waals surface area contributed by atoms with E-state index in [1.165, 1.54) is 0 Å². The molecule has 0 aliphatic heterocycles. The number of likely N-dealkylation sites (N-methyl/N-ethyl adjacent to an activating group) is 1. The Hall–Kier alpha value is -2.56. The van der Waals surface area contributed by atoms with E-state index in [1.54, 1.807) is 25.3 Å². The largest absolute Gasteiger partial charge is 0.495 e. The van der Waals surface area contributed by atoms with Gasteiger partial charge in [-0.05, 0) is 24.3 Å². The first-order chi connectivity index (χ1) is 10.2. The van der Waals surface area contributed by atoms with Crippen LogP contribution in [-0.2, 0) is 6.42 Å². The zero-order valence-electron chi connectivity index (χ0n) is 12.2. The number of methoxy groups -OCH3 is 1. The third-order valence-corrected chi connectivity index (χ3v) is 3.12. The molecule has 0 unspecified atom stereocenters. The summed E-state index contributed by atoms with van der Waals surface area (Å²) < 4.78 is 5.21. The molecule has 0 saturated heterocycles. The van der Waals surface area contributed by atoms with E-state index in [0.717, 1.165) is 12.1 Å². The van der Waals surface area contributed by atoms with Gasteiger partial charge in [-0.1, -0.05) is 18.2 Å². The molecule has 0 aliphatic carbocycles. The van der Waals surface area contributed by atoms with Crippen LogP contribution in [0.25, 0.3) is 0 Å². The summed E-state index contributed by atoms with van der Waals surface area (Å²) in [6.45, 7) is 0.595. The molecule has 0 saturated carbocycles. The van der Waals surface area contributed by atoms with Gasteiger partial charge in [0.15, 0.2) is 0 Å². The van der Waals surface area contributed by atoms with Crippen LogP contribution < -0.4 is 10.1 Å². The van der Waals surface area contributed by atoms with E-state index in [9.17, 15) is 4.79 Å². The van der Waals surface area contributed by atoms with Crippen LogP contribution in [0.1, 0.15) is 5.69 Å². The Kier molecular flexibility index (Phi) is 5.15. The minimum Gasteiger partial charge on any atom is -0.495 e. The molecule has 1 N–H and O–H groups in total. The smallest absolute Gasteiger partial charge is 0.321 e. The Balaban J connectivity index is 1.90. The van der Waals surface area contributed by atoms with Gasteiger partial charge >= 0.3 is 6.03 Å². The summed E-state index contributed by atoms with van der Waals surface area (Å²) >= 11 is 0. The fourth-order valence-electron chi connectivity index (χ4n) is 1.89. The van der Waals surface area contributed by atoms with E-state index >= 15 is 0 Å². The van der Waals surface area contributed by atoms with E-state index in [0.29, 0.717) is 18.0 Å². The number of amides is 2. The number of pyridine rings is 1. The van der Waals surface area contributed by atoms with Crippen molar-refractivity contribution in [1.82, 2.24) is 9.88 Å². The van der Waals surface area contributed by atoms with Gasteiger partial charge in [0.05, 0.1) is 12.8 Å². The highest BCUT2D eigenvalue weighted by molar-refractivity contribution is 5.90. The number of nitrogens with one attached hydrogen (secondary N) is 1. The summed E-state index contributed by atoms with van der Waals surface area (Å²) in [5.41, 5.74) is 1.63.